The first-order chi connectivity index (χ1) is 14.4. The summed E-state index contributed by atoms with van der Waals surface area (Å²) in [5, 5.41) is 5.39. The molecule has 0 spiro atoms. The molecule has 0 aliphatic carbocycles. The number of fused-ring (bicyclic) bond motifs is 1. The molecule has 0 atom stereocenters. The van der Waals surface area contributed by atoms with Crippen LogP contribution in [0.2, 0.25) is 0 Å². The summed E-state index contributed by atoms with van der Waals surface area (Å²) in [6.07, 6.45) is 0. The fourth-order valence-corrected chi connectivity index (χ4v) is 4.36. The first-order valence-electron chi connectivity index (χ1n) is 9.50. The maximum atomic E-state index is 13.0. The predicted octanol–water partition coefficient (Wildman–Crippen LogP) is 4.34. The molecule has 4 rings (SSSR count). The highest BCUT2D eigenvalue weighted by Crippen LogP contribution is 2.31. The third kappa shape index (κ3) is 3.64. The molecule has 0 saturated heterocycles. The Morgan fingerprint density at radius 2 is 1.93 bits per heavy atom. The summed E-state index contributed by atoms with van der Waals surface area (Å²) < 4.78 is 7.16. The second kappa shape index (κ2) is 7.84. The van der Waals surface area contributed by atoms with Gasteiger partial charge in [-0.3, -0.25) is 9.59 Å². The molecule has 6 nitrogen and oxygen atoms in total. The van der Waals surface area contributed by atoms with E-state index in [-0.39, 0.29) is 17.9 Å². The van der Waals surface area contributed by atoms with Gasteiger partial charge in [-0.1, -0.05) is 35.9 Å². The van der Waals surface area contributed by atoms with Crippen molar-refractivity contribution in [1.29, 1.82) is 0 Å². The van der Waals surface area contributed by atoms with Gasteiger partial charge in [-0.15, -0.1) is 11.3 Å². The quantitative estimate of drug-likeness (QED) is 0.450. The van der Waals surface area contributed by atoms with Crippen molar-refractivity contribution < 1.29 is 9.53 Å². The van der Waals surface area contributed by atoms with Crippen LogP contribution in [0.5, 0.6) is 5.75 Å². The number of rotatable bonds is 5. The molecule has 2 heterocycles. The van der Waals surface area contributed by atoms with Crippen LogP contribution in [0.15, 0.2) is 47.3 Å². The number of thiazole rings is 1. The molecule has 0 amide bonds. The maximum Gasteiger partial charge on any atom is 0.294 e. The highest BCUT2D eigenvalue weighted by Gasteiger charge is 2.19. The van der Waals surface area contributed by atoms with Crippen LogP contribution >= 0.6 is 11.3 Å². The lowest BCUT2D eigenvalue weighted by Gasteiger charge is -2.11. The maximum absolute atomic E-state index is 13.0. The minimum atomic E-state index is -0.362. The van der Waals surface area contributed by atoms with Gasteiger partial charge in [0.2, 0.25) is 0 Å². The van der Waals surface area contributed by atoms with E-state index in [1.807, 2.05) is 32.9 Å². The van der Waals surface area contributed by atoms with E-state index in [1.54, 1.807) is 31.4 Å². The lowest BCUT2D eigenvalue weighted by atomic mass is 10.0. The van der Waals surface area contributed by atoms with Crippen LogP contribution in [0.25, 0.3) is 21.5 Å². The van der Waals surface area contributed by atoms with Crippen molar-refractivity contribution in [2.24, 2.45) is 0 Å². The van der Waals surface area contributed by atoms with Crippen LogP contribution in [0.3, 0.4) is 0 Å². The van der Waals surface area contributed by atoms with E-state index >= 15 is 0 Å². The van der Waals surface area contributed by atoms with Gasteiger partial charge in [0, 0.05) is 11.1 Å². The van der Waals surface area contributed by atoms with E-state index in [2.05, 4.69) is 16.1 Å². The van der Waals surface area contributed by atoms with E-state index < -0.39 is 0 Å². The van der Waals surface area contributed by atoms with E-state index in [9.17, 15) is 9.59 Å². The van der Waals surface area contributed by atoms with E-state index in [1.165, 1.54) is 16.0 Å². The Kier molecular flexibility index (Phi) is 5.22. The van der Waals surface area contributed by atoms with Crippen molar-refractivity contribution in [3.8, 4) is 17.0 Å². The number of nitrogens with zero attached hydrogens (tertiary/aromatic N) is 3. The van der Waals surface area contributed by atoms with Gasteiger partial charge < -0.3 is 4.74 Å². The first kappa shape index (κ1) is 20.0. The molecule has 0 bridgehead atoms. The van der Waals surface area contributed by atoms with Crippen LogP contribution in [0, 0.1) is 20.8 Å². The zero-order chi connectivity index (χ0) is 21.4. The third-order valence-corrected chi connectivity index (χ3v) is 5.91. The molecule has 0 fully saturated rings. The Labute approximate surface area is 177 Å². The van der Waals surface area contributed by atoms with Gasteiger partial charge in [0.15, 0.2) is 11.3 Å². The van der Waals surface area contributed by atoms with Crippen molar-refractivity contribution in [3.63, 3.8) is 0 Å². The summed E-state index contributed by atoms with van der Waals surface area (Å²) in [7, 11) is 1.55. The Balaban J connectivity index is 1.85. The molecule has 0 aliphatic rings. The third-order valence-electron chi connectivity index (χ3n) is 4.93. The van der Waals surface area contributed by atoms with Gasteiger partial charge in [0.1, 0.15) is 18.0 Å². The minimum absolute atomic E-state index is 0.170. The Morgan fingerprint density at radius 3 is 2.67 bits per heavy atom. The molecule has 0 radical (unpaired) electrons. The molecule has 2 aromatic heterocycles. The van der Waals surface area contributed by atoms with Gasteiger partial charge in [-0.2, -0.15) is 5.10 Å². The number of aromatic nitrogens is 3. The number of methoxy groups -OCH3 is 1. The summed E-state index contributed by atoms with van der Waals surface area (Å²) >= 11 is 1.44. The van der Waals surface area contributed by atoms with Crippen molar-refractivity contribution in [2.75, 3.05) is 7.11 Å². The standard InChI is InChI=1S/C23H21N3O3S/c1-13-8-9-18(14(2)10-13)20-22-21(24-15(3)30-22)23(28)26(25-20)12-19(27)16-6-5-7-17(11-16)29-4/h5-11H,12H2,1-4H3. The number of carbonyl (C=O) groups is 1. The number of hydrogen-bond acceptors (Lipinski definition) is 6. The summed E-state index contributed by atoms with van der Waals surface area (Å²) in [5.41, 5.74) is 4.25. The fourth-order valence-electron chi connectivity index (χ4n) is 3.45. The number of aryl methyl sites for hydroxylation is 3. The average Bonchev–Trinajstić information content (AvgIpc) is 3.12. The summed E-state index contributed by atoms with van der Waals surface area (Å²) in [6, 6.07) is 13.0. The monoisotopic (exact) mass is 419 g/mol. The largest absolute Gasteiger partial charge is 0.497 e. The topological polar surface area (TPSA) is 74.1 Å². The van der Waals surface area contributed by atoms with Crippen LogP contribution in [0.1, 0.15) is 26.5 Å². The number of Topliss-reactive ketones (excluding diaryl/α,β-unsaturated/α-hetero) is 1. The number of ketones is 1. The summed E-state index contributed by atoms with van der Waals surface area (Å²) in [4.78, 5) is 30.3. The summed E-state index contributed by atoms with van der Waals surface area (Å²) in [6.45, 7) is 5.74. The molecule has 7 heteroatoms. The van der Waals surface area contributed by atoms with Gasteiger partial charge in [0.05, 0.1) is 16.8 Å². The molecule has 0 N–H and O–H groups in total. The smallest absolute Gasteiger partial charge is 0.294 e. The SMILES string of the molecule is COc1cccc(C(=O)Cn2nc(-c3ccc(C)cc3C)c3sc(C)nc3c2=O)c1. The van der Waals surface area contributed by atoms with E-state index in [4.69, 9.17) is 4.74 Å². The molecule has 0 saturated carbocycles. The second-order valence-corrected chi connectivity index (χ2v) is 8.40. The number of carbonyl (C=O) groups excluding carboxylic acids is 1. The second-order valence-electron chi connectivity index (χ2n) is 7.20. The molecule has 152 valence electrons. The lowest BCUT2D eigenvalue weighted by molar-refractivity contribution is 0.0965. The van der Waals surface area contributed by atoms with Crippen molar-refractivity contribution in [1.82, 2.24) is 14.8 Å². The van der Waals surface area contributed by atoms with E-state index in [0.29, 0.717) is 22.5 Å². The van der Waals surface area contributed by atoms with Crippen molar-refractivity contribution >= 4 is 27.3 Å². The number of benzene rings is 2. The van der Waals surface area contributed by atoms with Gasteiger partial charge >= 0.3 is 0 Å². The molecule has 0 aliphatic heterocycles. The first-order valence-corrected chi connectivity index (χ1v) is 10.3. The van der Waals surface area contributed by atoms with Crippen LogP contribution in [-0.4, -0.2) is 27.7 Å². The average molecular weight is 420 g/mol. The van der Waals surface area contributed by atoms with Crippen LogP contribution in [-0.2, 0) is 6.54 Å². The lowest BCUT2D eigenvalue weighted by Crippen LogP contribution is -2.27. The molecule has 2 aromatic carbocycles. The normalized spacial score (nSPS) is 11.1. The highest BCUT2D eigenvalue weighted by atomic mass is 32.1. The Bertz CT molecular complexity index is 1340. The predicted molar refractivity (Wildman–Crippen MR) is 119 cm³/mol. The van der Waals surface area contributed by atoms with Crippen LogP contribution < -0.4 is 10.3 Å². The van der Waals surface area contributed by atoms with Gasteiger partial charge in [-0.25, -0.2) is 9.67 Å². The number of hydrogen-bond donors (Lipinski definition) is 0. The Hall–Kier alpha value is -3.32. The zero-order valence-corrected chi connectivity index (χ0v) is 18.0. The molecular weight excluding hydrogens is 398 g/mol. The highest BCUT2D eigenvalue weighted by molar-refractivity contribution is 7.19. The number of ether oxygens (including phenoxy) is 1. The zero-order valence-electron chi connectivity index (χ0n) is 17.2. The van der Waals surface area contributed by atoms with E-state index in [0.717, 1.165) is 26.4 Å². The van der Waals surface area contributed by atoms with Crippen molar-refractivity contribution in [2.45, 2.75) is 27.3 Å². The summed E-state index contributed by atoms with van der Waals surface area (Å²) in [5.74, 6) is 0.365. The van der Waals surface area contributed by atoms with Crippen molar-refractivity contribution in [3.05, 3.63) is 74.5 Å². The molecular formula is C23H21N3O3S. The molecule has 0 unspecified atom stereocenters. The minimum Gasteiger partial charge on any atom is -0.497 e. The fraction of sp³-hybridized carbons (Fsp3) is 0.217. The van der Waals surface area contributed by atoms with Gasteiger partial charge in [-0.05, 0) is 38.5 Å². The Morgan fingerprint density at radius 1 is 1.13 bits per heavy atom. The molecule has 4 aromatic rings. The van der Waals surface area contributed by atoms with Gasteiger partial charge in [0.25, 0.3) is 5.56 Å². The molecule has 30 heavy (non-hydrogen) atoms. The van der Waals surface area contributed by atoms with Crippen LogP contribution in [0.4, 0.5) is 0 Å².